The predicted molar refractivity (Wildman–Crippen MR) is 29.0 cm³/mol. The Balaban J connectivity index is 0. The summed E-state index contributed by atoms with van der Waals surface area (Å²) in [6, 6.07) is 0. The average Bonchev–Trinajstić information content (AvgIpc) is 1.41. The number of aliphatic hydroxyl groups excluding tert-OH is 1. The first-order valence-electron chi connectivity index (χ1n) is 1.64. The van der Waals surface area contributed by atoms with E-state index in [1.54, 1.807) is 12.2 Å². The number of allylic oxidation sites excluding steroid dienone is 1. The van der Waals surface area contributed by atoms with Crippen LogP contribution in [0.15, 0.2) is 12.2 Å². The summed E-state index contributed by atoms with van der Waals surface area (Å²) in [5, 5.41) is 7.98. The molecule has 2 heteroatoms. The van der Waals surface area contributed by atoms with Crippen molar-refractivity contribution in [2.24, 2.45) is 0 Å². The molecule has 0 radical (unpaired) electrons. The van der Waals surface area contributed by atoms with Crippen molar-refractivity contribution < 1.29 is 5.11 Å². The van der Waals surface area contributed by atoms with Crippen LogP contribution in [0.2, 0.25) is 0 Å². The summed E-state index contributed by atoms with van der Waals surface area (Å²) >= 11 is 0. The molecule has 0 atom stereocenters. The van der Waals surface area contributed by atoms with E-state index in [4.69, 9.17) is 5.11 Å². The molecule has 32 valence electrons. The van der Waals surface area contributed by atoms with Gasteiger partial charge in [-0.1, -0.05) is 12.2 Å². The van der Waals surface area contributed by atoms with E-state index in [1.807, 2.05) is 6.92 Å². The second kappa shape index (κ2) is 9.60. The van der Waals surface area contributed by atoms with E-state index in [2.05, 4.69) is 0 Å². The number of hydrogen-bond donors (Lipinski definition) is 1. The van der Waals surface area contributed by atoms with Gasteiger partial charge in [-0.25, -0.2) is 0 Å². The summed E-state index contributed by atoms with van der Waals surface area (Å²) in [6.45, 7) is 2.03. The Bertz CT molecular complexity index is 34.5. The zero-order valence-electron chi connectivity index (χ0n) is 3.31. The molecule has 0 rings (SSSR count). The monoisotopic (exact) mass is 112 g/mol. The van der Waals surface area contributed by atoms with E-state index in [-0.39, 0.29) is 58.0 Å². The van der Waals surface area contributed by atoms with Crippen molar-refractivity contribution in [2.45, 2.75) is 6.92 Å². The maximum atomic E-state index is 7.98. The van der Waals surface area contributed by atoms with Crippen molar-refractivity contribution in [1.82, 2.24) is 0 Å². The van der Waals surface area contributed by atoms with Crippen molar-refractivity contribution >= 4 is 51.4 Å². The van der Waals surface area contributed by atoms with Gasteiger partial charge in [0.25, 0.3) is 0 Å². The van der Waals surface area contributed by atoms with Crippen LogP contribution < -0.4 is 0 Å². The van der Waals surface area contributed by atoms with E-state index in [1.165, 1.54) is 0 Å². The van der Waals surface area contributed by atoms with E-state index in [0.717, 1.165) is 0 Å². The zero-order valence-corrected chi connectivity index (χ0v) is 3.31. The summed E-state index contributed by atoms with van der Waals surface area (Å²) in [6.07, 6.45) is 3.49. The van der Waals surface area contributed by atoms with Crippen LogP contribution in [-0.2, 0) is 0 Å². The molecule has 0 fully saturated rings. The van der Waals surface area contributed by atoms with Crippen molar-refractivity contribution in [2.75, 3.05) is 6.61 Å². The van der Waals surface area contributed by atoms with E-state index >= 15 is 0 Å². The maximum absolute atomic E-state index is 7.98. The Kier molecular flexibility index (Phi) is 16.5. The topological polar surface area (TPSA) is 20.2 Å². The minimum absolute atomic E-state index is 0. The summed E-state index contributed by atoms with van der Waals surface area (Å²) < 4.78 is 0. The molecule has 0 aliphatic carbocycles. The molecule has 0 spiro atoms. The Morgan fingerprint density at radius 3 is 2.17 bits per heavy atom. The fourth-order valence-corrected chi connectivity index (χ4v) is 0.105. The molecule has 6 heavy (non-hydrogen) atoms. The first-order valence-corrected chi connectivity index (χ1v) is 1.64. The van der Waals surface area contributed by atoms with Gasteiger partial charge in [-0.2, -0.15) is 0 Å². The SMILES string of the molecule is CC=CCO.[KH]. The molecule has 0 aromatic carbocycles. The third-order valence-electron chi connectivity index (χ3n) is 0.341. The molecule has 0 aromatic heterocycles. The fraction of sp³-hybridized carbons (Fsp3) is 0.500. The van der Waals surface area contributed by atoms with Crippen molar-refractivity contribution in [3.63, 3.8) is 0 Å². The Labute approximate surface area is 80.9 Å². The standard InChI is InChI=1S/C4H8O.K.H/c1-2-3-4-5;;/h2-3,5H,4H2,1H3;;. The molecule has 0 heterocycles. The predicted octanol–water partition coefficient (Wildman–Crippen LogP) is -0.0937. The van der Waals surface area contributed by atoms with Crippen LogP contribution in [0, 0.1) is 0 Å². The molecule has 0 saturated heterocycles. The third-order valence-corrected chi connectivity index (χ3v) is 0.341. The van der Waals surface area contributed by atoms with E-state index < -0.39 is 0 Å². The van der Waals surface area contributed by atoms with Crippen LogP contribution in [0.3, 0.4) is 0 Å². The van der Waals surface area contributed by atoms with Gasteiger partial charge in [0.2, 0.25) is 0 Å². The van der Waals surface area contributed by atoms with Crippen LogP contribution in [-0.4, -0.2) is 63.1 Å². The number of rotatable bonds is 1. The molecule has 0 aliphatic rings. The van der Waals surface area contributed by atoms with Crippen LogP contribution in [0.1, 0.15) is 6.92 Å². The summed E-state index contributed by atoms with van der Waals surface area (Å²) in [4.78, 5) is 0. The minimum atomic E-state index is 0. The first kappa shape index (κ1) is 10.3. The zero-order chi connectivity index (χ0) is 4.12. The molecule has 0 aromatic rings. The van der Waals surface area contributed by atoms with Crippen molar-refractivity contribution in [3.05, 3.63) is 12.2 Å². The van der Waals surface area contributed by atoms with Gasteiger partial charge in [0.05, 0.1) is 6.61 Å². The molecule has 0 amide bonds. The van der Waals surface area contributed by atoms with E-state index in [0.29, 0.717) is 0 Å². The molecular formula is C4H9KO. The van der Waals surface area contributed by atoms with Crippen LogP contribution in [0.4, 0.5) is 0 Å². The number of hydrogen-bond acceptors (Lipinski definition) is 1. The molecule has 0 bridgehead atoms. The Hall–Kier alpha value is 1.34. The Morgan fingerprint density at radius 1 is 1.67 bits per heavy atom. The van der Waals surface area contributed by atoms with Gasteiger partial charge in [0, 0.05) is 0 Å². The number of aliphatic hydroxyl groups is 1. The summed E-state index contributed by atoms with van der Waals surface area (Å²) in [5.74, 6) is 0. The molecule has 0 saturated carbocycles. The van der Waals surface area contributed by atoms with E-state index in [9.17, 15) is 0 Å². The molecule has 0 aliphatic heterocycles. The van der Waals surface area contributed by atoms with Gasteiger partial charge in [-0.3, -0.25) is 0 Å². The molecule has 1 N–H and O–H groups in total. The molecule has 1 nitrogen and oxygen atoms in total. The molecular weight excluding hydrogens is 103 g/mol. The second-order valence-electron chi connectivity index (χ2n) is 0.752. The third kappa shape index (κ3) is 9.01. The first-order chi connectivity index (χ1) is 2.41. The Morgan fingerprint density at radius 2 is 2.17 bits per heavy atom. The van der Waals surface area contributed by atoms with Gasteiger partial charge in [0.15, 0.2) is 0 Å². The van der Waals surface area contributed by atoms with Gasteiger partial charge < -0.3 is 5.11 Å². The van der Waals surface area contributed by atoms with Crippen molar-refractivity contribution in [1.29, 1.82) is 0 Å². The molecule has 0 unspecified atom stereocenters. The van der Waals surface area contributed by atoms with Gasteiger partial charge in [0.1, 0.15) is 0 Å². The quantitative estimate of drug-likeness (QED) is 0.371. The second-order valence-corrected chi connectivity index (χ2v) is 0.752. The van der Waals surface area contributed by atoms with Crippen molar-refractivity contribution in [3.8, 4) is 0 Å². The average molecular weight is 112 g/mol. The fourth-order valence-electron chi connectivity index (χ4n) is 0.105. The van der Waals surface area contributed by atoms with Crippen LogP contribution in [0.5, 0.6) is 0 Å². The van der Waals surface area contributed by atoms with Gasteiger partial charge in [-0.05, 0) is 6.92 Å². The summed E-state index contributed by atoms with van der Waals surface area (Å²) in [5.41, 5.74) is 0. The van der Waals surface area contributed by atoms with Crippen LogP contribution in [0.25, 0.3) is 0 Å². The van der Waals surface area contributed by atoms with Gasteiger partial charge >= 0.3 is 51.4 Å². The normalized spacial score (nSPS) is 8.33. The van der Waals surface area contributed by atoms with Gasteiger partial charge in [-0.15, -0.1) is 0 Å². The van der Waals surface area contributed by atoms with Crippen LogP contribution >= 0.6 is 0 Å². The summed E-state index contributed by atoms with van der Waals surface area (Å²) in [7, 11) is 0.